The lowest BCUT2D eigenvalue weighted by atomic mass is 10.1. The first kappa shape index (κ1) is 15.4. The van der Waals surface area contributed by atoms with Crippen molar-refractivity contribution in [3.8, 4) is 5.75 Å². The molecule has 1 N–H and O–H groups in total. The Morgan fingerprint density at radius 2 is 1.95 bits per heavy atom. The number of hydrogen-bond donors (Lipinski definition) is 1. The molecule has 0 bridgehead atoms. The summed E-state index contributed by atoms with van der Waals surface area (Å²) >= 11 is 3.31. The van der Waals surface area contributed by atoms with Gasteiger partial charge >= 0.3 is 0 Å². The molecule has 0 atom stereocenters. The topological polar surface area (TPSA) is 38.3 Å². The summed E-state index contributed by atoms with van der Waals surface area (Å²) < 4.78 is 31.7. The van der Waals surface area contributed by atoms with Crippen LogP contribution in [0.5, 0.6) is 5.75 Å². The lowest BCUT2D eigenvalue weighted by Crippen LogP contribution is -2.15. The van der Waals surface area contributed by atoms with E-state index in [2.05, 4.69) is 21.2 Å². The number of carbonyl (C=O) groups is 1. The van der Waals surface area contributed by atoms with Crippen molar-refractivity contribution in [2.45, 2.75) is 6.42 Å². The van der Waals surface area contributed by atoms with E-state index in [-0.39, 0.29) is 12.3 Å². The van der Waals surface area contributed by atoms with Crippen LogP contribution in [0.1, 0.15) is 5.56 Å². The third kappa shape index (κ3) is 4.01. The number of nitrogens with one attached hydrogen (secondary N) is 1. The van der Waals surface area contributed by atoms with Gasteiger partial charge < -0.3 is 10.1 Å². The van der Waals surface area contributed by atoms with Gasteiger partial charge in [-0.1, -0.05) is 6.07 Å². The highest BCUT2D eigenvalue weighted by Crippen LogP contribution is 2.27. The first-order valence-corrected chi connectivity index (χ1v) is 6.86. The highest BCUT2D eigenvalue weighted by Gasteiger charge is 2.10. The zero-order valence-corrected chi connectivity index (χ0v) is 12.7. The summed E-state index contributed by atoms with van der Waals surface area (Å²) in [6.07, 6.45) is -0.0547. The van der Waals surface area contributed by atoms with Gasteiger partial charge in [0.2, 0.25) is 5.91 Å². The number of ether oxygens (including phenoxy) is 1. The maximum Gasteiger partial charge on any atom is 0.228 e. The Hall–Kier alpha value is -1.95. The molecule has 0 fully saturated rings. The van der Waals surface area contributed by atoms with Crippen LogP contribution in [0.2, 0.25) is 0 Å². The minimum atomic E-state index is -0.970. The summed E-state index contributed by atoms with van der Waals surface area (Å²) in [5.74, 6) is -1.64. The molecular weight excluding hydrogens is 344 g/mol. The number of anilines is 1. The van der Waals surface area contributed by atoms with Gasteiger partial charge in [0.1, 0.15) is 5.75 Å². The van der Waals surface area contributed by atoms with E-state index < -0.39 is 11.6 Å². The van der Waals surface area contributed by atoms with Crippen molar-refractivity contribution in [2.24, 2.45) is 0 Å². The van der Waals surface area contributed by atoms with Gasteiger partial charge in [0.15, 0.2) is 11.6 Å². The minimum Gasteiger partial charge on any atom is -0.497 e. The summed E-state index contributed by atoms with van der Waals surface area (Å²) in [4.78, 5) is 11.9. The van der Waals surface area contributed by atoms with Crippen molar-refractivity contribution < 1.29 is 18.3 Å². The smallest absolute Gasteiger partial charge is 0.228 e. The highest BCUT2D eigenvalue weighted by molar-refractivity contribution is 9.10. The van der Waals surface area contributed by atoms with Crippen LogP contribution in [0.25, 0.3) is 0 Å². The second-order valence-electron chi connectivity index (χ2n) is 4.32. The van der Waals surface area contributed by atoms with Gasteiger partial charge in [-0.05, 0) is 45.8 Å². The average Bonchev–Trinajstić information content (AvgIpc) is 2.45. The third-order valence-electron chi connectivity index (χ3n) is 2.80. The first-order chi connectivity index (χ1) is 9.99. The van der Waals surface area contributed by atoms with E-state index >= 15 is 0 Å². The van der Waals surface area contributed by atoms with Gasteiger partial charge in [0.05, 0.1) is 19.2 Å². The number of hydrogen-bond acceptors (Lipinski definition) is 2. The van der Waals surface area contributed by atoms with Crippen molar-refractivity contribution >= 4 is 27.5 Å². The Kier molecular flexibility index (Phi) is 4.90. The second kappa shape index (κ2) is 6.67. The number of halogens is 3. The molecule has 0 spiro atoms. The molecule has 3 nitrogen and oxygen atoms in total. The maximum atomic E-state index is 13.1. The van der Waals surface area contributed by atoms with Gasteiger partial charge in [-0.3, -0.25) is 4.79 Å². The predicted octanol–water partition coefficient (Wildman–Crippen LogP) is 3.92. The molecule has 0 unspecified atom stereocenters. The van der Waals surface area contributed by atoms with Crippen molar-refractivity contribution in [2.75, 3.05) is 12.4 Å². The van der Waals surface area contributed by atoms with Crippen molar-refractivity contribution in [1.82, 2.24) is 0 Å². The fourth-order valence-corrected chi connectivity index (χ4v) is 2.10. The lowest BCUT2D eigenvalue weighted by molar-refractivity contribution is -0.115. The molecule has 2 rings (SSSR count). The number of benzene rings is 2. The van der Waals surface area contributed by atoms with E-state index in [9.17, 15) is 13.6 Å². The monoisotopic (exact) mass is 355 g/mol. The van der Waals surface area contributed by atoms with E-state index in [0.29, 0.717) is 21.5 Å². The van der Waals surface area contributed by atoms with Gasteiger partial charge in [-0.15, -0.1) is 0 Å². The standard InChI is InChI=1S/C15H12BrF2NO2/c1-21-10-3-4-11(16)14(8-10)19-15(20)7-9-2-5-12(17)13(18)6-9/h2-6,8H,7H2,1H3,(H,19,20). The van der Waals surface area contributed by atoms with Crippen molar-refractivity contribution in [1.29, 1.82) is 0 Å². The minimum absolute atomic E-state index is 0.0547. The molecule has 0 saturated carbocycles. The van der Waals surface area contributed by atoms with Crippen molar-refractivity contribution in [3.05, 3.63) is 58.1 Å². The van der Waals surface area contributed by atoms with Crippen molar-refractivity contribution in [3.63, 3.8) is 0 Å². The summed E-state index contributed by atoms with van der Waals surface area (Å²) in [6, 6.07) is 8.53. The van der Waals surface area contributed by atoms with Crippen LogP contribution < -0.4 is 10.1 Å². The van der Waals surface area contributed by atoms with E-state index in [1.54, 1.807) is 18.2 Å². The van der Waals surface area contributed by atoms with Crippen LogP contribution in [-0.2, 0) is 11.2 Å². The Bertz CT molecular complexity index is 677. The Labute approximate surface area is 129 Å². The quantitative estimate of drug-likeness (QED) is 0.902. The van der Waals surface area contributed by atoms with E-state index in [4.69, 9.17) is 4.74 Å². The molecule has 0 saturated heterocycles. The molecule has 0 aliphatic rings. The van der Waals surface area contributed by atoms with Crippen LogP contribution >= 0.6 is 15.9 Å². The first-order valence-electron chi connectivity index (χ1n) is 6.07. The van der Waals surface area contributed by atoms with E-state index in [1.165, 1.54) is 13.2 Å². The van der Waals surface area contributed by atoms with Gasteiger partial charge in [-0.25, -0.2) is 8.78 Å². The highest BCUT2D eigenvalue weighted by atomic mass is 79.9. The normalized spacial score (nSPS) is 10.3. The molecule has 0 radical (unpaired) electrons. The maximum absolute atomic E-state index is 13.1. The van der Waals surface area contributed by atoms with Gasteiger partial charge in [-0.2, -0.15) is 0 Å². The predicted molar refractivity (Wildman–Crippen MR) is 79.4 cm³/mol. The van der Waals surface area contributed by atoms with Crippen LogP contribution in [0.3, 0.4) is 0 Å². The summed E-state index contributed by atoms with van der Waals surface area (Å²) in [5, 5.41) is 2.69. The Balaban J connectivity index is 2.09. The molecule has 0 aromatic heterocycles. The summed E-state index contributed by atoms with van der Waals surface area (Å²) in [6.45, 7) is 0. The zero-order valence-electron chi connectivity index (χ0n) is 11.1. The number of carbonyl (C=O) groups excluding carboxylic acids is 1. The SMILES string of the molecule is COc1ccc(Br)c(NC(=O)Cc2ccc(F)c(F)c2)c1. The average molecular weight is 356 g/mol. The summed E-state index contributed by atoms with van der Waals surface area (Å²) in [7, 11) is 1.52. The molecule has 21 heavy (non-hydrogen) atoms. The lowest BCUT2D eigenvalue weighted by Gasteiger charge is -2.09. The third-order valence-corrected chi connectivity index (χ3v) is 3.49. The number of rotatable bonds is 4. The Morgan fingerprint density at radius 1 is 1.19 bits per heavy atom. The van der Waals surface area contributed by atoms with Crippen LogP contribution in [0.15, 0.2) is 40.9 Å². The molecule has 110 valence electrons. The van der Waals surface area contributed by atoms with Crippen LogP contribution in [0.4, 0.5) is 14.5 Å². The molecule has 1 amide bonds. The zero-order chi connectivity index (χ0) is 15.4. The molecular formula is C15H12BrF2NO2. The molecule has 2 aromatic rings. The van der Waals surface area contributed by atoms with E-state index in [1.807, 2.05) is 0 Å². The van der Waals surface area contributed by atoms with Crippen LogP contribution in [-0.4, -0.2) is 13.0 Å². The molecule has 0 aliphatic carbocycles. The largest absolute Gasteiger partial charge is 0.497 e. The molecule has 0 aliphatic heterocycles. The molecule has 0 heterocycles. The molecule has 2 aromatic carbocycles. The van der Waals surface area contributed by atoms with Crippen LogP contribution in [0, 0.1) is 11.6 Å². The summed E-state index contributed by atoms with van der Waals surface area (Å²) in [5.41, 5.74) is 0.937. The second-order valence-corrected chi connectivity index (χ2v) is 5.17. The number of amides is 1. The van der Waals surface area contributed by atoms with Gasteiger partial charge in [0, 0.05) is 10.5 Å². The number of methoxy groups -OCH3 is 1. The Morgan fingerprint density at radius 3 is 2.62 bits per heavy atom. The van der Waals surface area contributed by atoms with E-state index in [0.717, 1.165) is 12.1 Å². The van der Waals surface area contributed by atoms with Gasteiger partial charge in [0.25, 0.3) is 0 Å². The molecule has 6 heteroatoms. The fraction of sp³-hybridized carbons (Fsp3) is 0.133. The fourth-order valence-electron chi connectivity index (χ4n) is 1.76.